The third-order valence-electron chi connectivity index (χ3n) is 4.38. The number of hydrogen-bond donors (Lipinski definition) is 2. The number of aromatic nitrogens is 2. The highest BCUT2D eigenvalue weighted by Gasteiger charge is 2.08. The quantitative estimate of drug-likeness (QED) is 0.626. The summed E-state index contributed by atoms with van der Waals surface area (Å²) in [6.45, 7) is 2.61. The number of aryl methyl sites for hydroxylation is 1. The van der Waals surface area contributed by atoms with Gasteiger partial charge in [0.2, 0.25) is 0 Å². The normalized spacial score (nSPS) is 10.4. The van der Waals surface area contributed by atoms with Crippen LogP contribution in [0.25, 0.3) is 0 Å². The van der Waals surface area contributed by atoms with Crippen LogP contribution in [-0.2, 0) is 12.8 Å². The maximum Gasteiger partial charge on any atom is 0.271 e. The second-order valence-corrected chi connectivity index (χ2v) is 6.28. The average Bonchev–Trinajstić information content (AvgIpc) is 2.74. The number of amides is 1. The van der Waals surface area contributed by atoms with Crippen molar-refractivity contribution >= 4 is 17.4 Å². The van der Waals surface area contributed by atoms with Crippen molar-refractivity contribution in [3.8, 4) is 5.75 Å². The molecule has 144 valence electrons. The largest absolute Gasteiger partial charge is 0.497 e. The minimum absolute atomic E-state index is 0.240. The predicted molar refractivity (Wildman–Crippen MR) is 110 cm³/mol. The van der Waals surface area contributed by atoms with Gasteiger partial charge in [-0.15, -0.1) is 0 Å². The Kier molecular flexibility index (Phi) is 6.57. The molecule has 3 aromatic rings. The van der Waals surface area contributed by atoms with Crippen LogP contribution in [0.1, 0.15) is 28.5 Å². The van der Waals surface area contributed by atoms with E-state index >= 15 is 0 Å². The number of carbonyl (C=O) groups excluding carboxylic acids is 1. The van der Waals surface area contributed by atoms with E-state index in [0.29, 0.717) is 24.5 Å². The monoisotopic (exact) mass is 376 g/mol. The number of hydrogen-bond acceptors (Lipinski definition) is 5. The van der Waals surface area contributed by atoms with Gasteiger partial charge in [-0.3, -0.25) is 4.79 Å². The van der Waals surface area contributed by atoms with Gasteiger partial charge in [0, 0.05) is 12.2 Å². The third kappa shape index (κ3) is 5.07. The van der Waals surface area contributed by atoms with E-state index in [0.717, 1.165) is 23.4 Å². The summed E-state index contributed by atoms with van der Waals surface area (Å²) in [7, 11) is 1.64. The number of methoxy groups -OCH3 is 1. The van der Waals surface area contributed by atoms with Crippen molar-refractivity contribution < 1.29 is 9.53 Å². The Hall–Kier alpha value is -3.41. The number of anilines is 2. The molecule has 0 bridgehead atoms. The molecule has 0 spiro atoms. The molecular weight excluding hydrogens is 352 g/mol. The third-order valence-corrected chi connectivity index (χ3v) is 4.38. The predicted octanol–water partition coefficient (Wildman–Crippen LogP) is 3.76. The van der Waals surface area contributed by atoms with Crippen molar-refractivity contribution in [3.05, 3.63) is 77.7 Å². The summed E-state index contributed by atoms with van der Waals surface area (Å²) in [4.78, 5) is 20.8. The molecule has 6 heteroatoms. The Balaban J connectivity index is 1.54. The van der Waals surface area contributed by atoms with Gasteiger partial charge < -0.3 is 15.4 Å². The highest BCUT2D eigenvalue weighted by molar-refractivity contribution is 5.92. The summed E-state index contributed by atoms with van der Waals surface area (Å²) < 4.78 is 5.21. The molecule has 0 aliphatic heterocycles. The van der Waals surface area contributed by atoms with Crippen molar-refractivity contribution in [1.29, 1.82) is 0 Å². The second kappa shape index (κ2) is 9.50. The smallest absolute Gasteiger partial charge is 0.271 e. The van der Waals surface area contributed by atoms with E-state index in [9.17, 15) is 4.79 Å². The van der Waals surface area contributed by atoms with Crippen molar-refractivity contribution in [2.75, 3.05) is 19.0 Å². The van der Waals surface area contributed by atoms with Crippen LogP contribution in [0.3, 0.4) is 0 Å². The topological polar surface area (TPSA) is 76.1 Å². The molecule has 0 unspecified atom stereocenters. The van der Waals surface area contributed by atoms with Crippen LogP contribution in [0, 0.1) is 0 Å². The van der Waals surface area contributed by atoms with Gasteiger partial charge in [-0.25, -0.2) is 9.97 Å². The molecule has 0 aliphatic rings. The lowest BCUT2D eigenvalue weighted by molar-refractivity contribution is 0.0949. The molecule has 1 aromatic heterocycles. The van der Waals surface area contributed by atoms with Crippen LogP contribution < -0.4 is 15.4 Å². The lowest BCUT2D eigenvalue weighted by Gasteiger charge is -2.10. The standard InChI is InChI=1S/C22H24N4O2/c1-3-17-8-4-5-10-19(17)26-21-15-24-20(14-25-21)22(27)23-12-11-16-7-6-9-18(13-16)28-2/h4-10,13-15H,3,11-12H2,1-2H3,(H,23,27)(H,25,26). The fourth-order valence-electron chi connectivity index (χ4n) is 2.84. The first-order valence-electron chi connectivity index (χ1n) is 9.27. The Bertz CT molecular complexity index is 926. The van der Waals surface area contributed by atoms with Crippen LogP contribution >= 0.6 is 0 Å². The van der Waals surface area contributed by atoms with E-state index in [2.05, 4.69) is 33.6 Å². The van der Waals surface area contributed by atoms with E-state index in [1.807, 2.05) is 42.5 Å². The zero-order valence-corrected chi connectivity index (χ0v) is 16.1. The molecular formula is C22H24N4O2. The molecule has 0 saturated heterocycles. The number of benzene rings is 2. The van der Waals surface area contributed by atoms with E-state index in [-0.39, 0.29) is 5.91 Å². The van der Waals surface area contributed by atoms with E-state index in [1.165, 1.54) is 11.8 Å². The molecule has 3 rings (SSSR count). The van der Waals surface area contributed by atoms with Crippen molar-refractivity contribution in [1.82, 2.24) is 15.3 Å². The van der Waals surface area contributed by atoms with Crippen molar-refractivity contribution in [2.45, 2.75) is 19.8 Å². The zero-order valence-electron chi connectivity index (χ0n) is 16.1. The molecule has 6 nitrogen and oxygen atoms in total. The van der Waals surface area contributed by atoms with Gasteiger partial charge >= 0.3 is 0 Å². The van der Waals surface area contributed by atoms with Gasteiger partial charge in [-0.1, -0.05) is 37.3 Å². The molecule has 0 saturated carbocycles. The lowest BCUT2D eigenvalue weighted by Crippen LogP contribution is -2.26. The number of nitrogens with zero attached hydrogens (tertiary/aromatic N) is 2. The van der Waals surface area contributed by atoms with Crippen LogP contribution in [0.2, 0.25) is 0 Å². The van der Waals surface area contributed by atoms with Crippen LogP contribution in [0.4, 0.5) is 11.5 Å². The highest BCUT2D eigenvalue weighted by Crippen LogP contribution is 2.19. The first kappa shape index (κ1) is 19.4. The van der Waals surface area contributed by atoms with Gasteiger partial charge in [-0.05, 0) is 42.2 Å². The fraction of sp³-hybridized carbons (Fsp3) is 0.227. The molecule has 0 atom stereocenters. The number of nitrogens with one attached hydrogen (secondary N) is 2. The molecule has 0 aliphatic carbocycles. The molecule has 2 N–H and O–H groups in total. The first-order chi connectivity index (χ1) is 13.7. The van der Waals surface area contributed by atoms with Crippen LogP contribution in [0.5, 0.6) is 5.75 Å². The zero-order chi connectivity index (χ0) is 19.8. The number of para-hydroxylation sites is 1. The summed E-state index contributed by atoms with van der Waals surface area (Å²) in [5.74, 6) is 1.17. The Morgan fingerprint density at radius 3 is 2.68 bits per heavy atom. The second-order valence-electron chi connectivity index (χ2n) is 6.28. The molecule has 28 heavy (non-hydrogen) atoms. The Morgan fingerprint density at radius 2 is 1.93 bits per heavy atom. The molecule has 0 fully saturated rings. The SMILES string of the molecule is CCc1ccccc1Nc1cnc(C(=O)NCCc2cccc(OC)c2)cn1. The Labute approximate surface area is 165 Å². The lowest BCUT2D eigenvalue weighted by atomic mass is 10.1. The molecule has 1 amide bonds. The molecule has 1 heterocycles. The molecule has 0 radical (unpaired) electrons. The fourth-order valence-corrected chi connectivity index (χ4v) is 2.84. The minimum Gasteiger partial charge on any atom is -0.497 e. The highest BCUT2D eigenvalue weighted by atomic mass is 16.5. The van der Waals surface area contributed by atoms with Crippen molar-refractivity contribution in [2.24, 2.45) is 0 Å². The van der Waals surface area contributed by atoms with Crippen molar-refractivity contribution in [3.63, 3.8) is 0 Å². The van der Waals surface area contributed by atoms with Gasteiger partial charge in [-0.2, -0.15) is 0 Å². The van der Waals surface area contributed by atoms with E-state index in [1.54, 1.807) is 13.3 Å². The molecule has 2 aromatic carbocycles. The number of carbonyl (C=O) groups is 1. The number of ether oxygens (including phenoxy) is 1. The maximum atomic E-state index is 12.3. The minimum atomic E-state index is -0.240. The van der Waals surface area contributed by atoms with Gasteiger partial charge in [0.15, 0.2) is 0 Å². The maximum absolute atomic E-state index is 12.3. The van der Waals surface area contributed by atoms with Gasteiger partial charge in [0.1, 0.15) is 17.3 Å². The summed E-state index contributed by atoms with van der Waals surface area (Å²) in [5.41, 5.74) is 3.58. The van der Waals surface area contributed by atoms with E-state index < -0.39 is 0 Å². The van der Waals surface area contributed by atoms with Crippen LogP contribution in [0.15, 0.2) is 60.9 Å². The summed E-state index contributed by atoms with van der Waals surface area (Å²) in [6.07, 6.45) is 4.69. The Morgan fingerprint density at radius 1 is 1.07 bits per heavy atom. The average molecular weight is 376 g/mol. The summed E-state index contributed by atoms with van der Waals surface area (Å²) in [6, 6.07) is 15.8. The van der Waals surface area contributed by atoms with Gasteiger partial charge in [0.25, 0.3) is 5.91 Å². The number of rotatable bonds is 8. The van der Waals surface area contributed by atoms with Crippen LogP contribution in [-0.4, -0.2) is 29.5 Å². The first-order valence-corrected chi connectivity index (χ1v) is 9.27. The summed E-state index contributed by atoms with van der Waals surface area (Å²) >= 11 is 0. The summed E-state index contributed by atoms with van der Waals surface area (Å²) in [5, 5.41) is 6.12. The van der Waals surface area contributed by atoms with E-state index in [4.69, 9.17) is 4.74 Å². The van der Waals surface area contributed by atoms with Gasteiger partial charge in [0.05, 0.1) is 19.5 Å².